The highest BCUT2D eigenvalue weighted by Gasteiger charge is 2.37. The zero-order valence-corrected chi connectivity index (χ0v) is 78.6. The van der Waals surface area contributed by atoms with Crippen LogP contribution in [0.1, 0.15) is 397 Å². The number of hydrogen-bond donors (Lipinski definition) is 1. The number of ether oxygens (including phenoxy) is 5. The Bertz CT molecular complexity index is 3640. The third-order valence-electron chi connectivity index (χ3n) is 30.7. The van der Waals surface area contributed by atoms with Gasteiger partial charge < -0.3 is 33.6 Å². The molecule has 15 heteroatoms. The van der Waals surface area contributed by atoms with E-state index >= 15 is 0 Å². The number of aldehydes is 1. The van der Waals surface area contributed by atoms with Crippen molar-refractivity contribution in [1.29, 1.82) is 0 Å². The van der Waals surface area contributed by atoms with Crippen molar-refractivity contribution in [3.05, 3.63) is 122 Å². The Morgan fingerprint density at radius 1 is 0.371 bits per heavy atom. The Kier molecular flexibility index (Phi) is 48.8. The smallest absolute Gasteiger partial charge is 0.201 e. The van der Waals surface area contributed by atoms with Crippen LogP contribution in [0.4, 0.5) is 35.1 Å². The number of hydrogen-bond acceptors (Lipinski definition) is 7. The lowest BCUT2D eigenvalue weighted by Crippen LogP contribution is -2.26. The van der Waals surface area contributed by atoms with Crippen LogP contribution in [0.15, 0.2) is 36.4 Å². The normalized spacial score (nSPS) is 27.3. The third kappa shape index (κ3) is 33.4. The van der Waals surface area contributed by atoms with Crippen molar-refractivity contribution >= 4 is 12.4 Å². The third-order valence-corrected chi connectivity index (χ3v) is 30.7. The Morgan fingerprint density at radius 3 is 1.05 bits per heavy atom. The number of allylic oxidation sites excluding steroid dienone is 1. The fourth-order valence-electron chi connectivity index (χ4n) is 23.5. The lowest BCUT2D eigenvalue weighted by Gasteiger charge is -2.38. The first-order chi connectivity index (χ1) is 59.5. The first kappa shape index (κ1) is 106. The van der Waals surface area contributed by atoms with Crippen LogP contribution in [0, 0.1) is 169 Å². The van der Waals surface area contributed by atoms with Gasteiger partial charge in [-0.15, -0.1) is 0 Å². The van der Waals surface area contributed by atoms with Crippen molar-refractivity contribution in [2.75, 3.05) is 39.6 Å². The van der Waals surface area contributed by atoms with Gasteiger partial charge in [0.15, 0.2) is 46.3 Å². The molecule has 1 saturated heterocycles. The van der Waals surface area contributed by atoms with Crippen LogP contribution in [-0.4, -0.2) is 51.0 Å². The van der Waals surface area contributed by atoms with E-state index in [1.807, 2.05) is 13.8 Å². The van der Waals surface area contributed by atoms with Crippen LogP contribution >= 0.6 is 0 Å². The average molecular weight is 1740 g/mol. The summed E-state index contributed by atoms with van der Waals surface area (Å²) in [5.41, 5.74) is 3.75. The first-order valence-electron chi connectivity index (χ1n) is 50.3. The van der Waals surface area contributed by atoms with E-state index in [1.54, 1.807) is 59.8 Å². The maximum absolute atomic E-state index is 14.6. The number of rotatable bonds is 30. The predicted molar refractivity (Wildman–Crippen MR) is 497 cm³/mol. The van der Waals surface area contributed by atoms with Gasteiger partial charge in [0, 0.05) is 30.8 Å². The van der Waals surface area contributed by atoms with Gasteiger partial charge in [-0.25, -0.2) is 17.6 Å². The van der Waals surface area contributed by atoms with Crippen LogP contribution < -0.4 is 18.9 Å². The Hall–Kier alpha value is -5.15. The molecule has 1 unspecified atom stereocenters. The molecule has 0 amide bonds. The molecule has 4 aromatic rings. The van der Waals surface area contributed by atoms with Gasteiger partial charge in [-0.1, -0.05) is 176 Å². The van der Waals surface area contributed by atoms with Gasteiger partial charge in [-0.2, -0.15) is 17.6 Å². The van der Waals surface area contributed by atoms with E-state index in [-0.39, 0.29) is 42.6 Å². The molecule has 1 aliphatic heterocycles. The van der Waals surface area contributed by atoms with Crippen LogP contribution in [-0.2, 0) is 16.0 Å². The molecule has 0 bridgehead atoms. The Labute approximate surface area is 748 Å². The predicted octanol–water partition coefficient (Wildman–Crippen LogP) is 32.7. The average Bonchev–Trinajstić information content (AvgIpc) is 0.842. The summed E-state index contributed by atoms with van der Waals surface area (Å²) in [6.45, 7) is 26.6. The van der Waals surface area contributed by atoms with Gasteiger partial charge in [0.2, 0.25) is 23.3 Å². The fourth-order valence-corrected chi connectivity index (χ4v) is 23.5. The molecule has 13 rings (SSSR count). The topological polar surface area (TPSA) is 83.5 Å². The number of benzene rings is 4. The molecule has 0 aromatic heterocycles. The van der Waals surface area contributed by atoms with Gasteiger partial charge in [0.05, 0.1) is 32.5 Å². The Morgan fingerprint density at radius 2 is 0.694 bits per heavy atom. The lowest BCUT2D eigenvalue weighted by molar-refractivity contribution is -0.108. The van der Waals surface area contributed by atoms with E-state index in [0.717, 1.165) is 139 Å². The van der Waals surface area contributed by atoms with E-state index in [1.165, 1.54) is 269 Å². The van der Waals surface area contributed by atoms with Crippen molar-refractivity contribution in [3.63, 3.8) is 0 Å². The Balaban J connectivity index is 0.000000215. The number of halogens is 8. The number of aliphatic hydroxyl groups excluding tert-OH is 1. The molecular formula is C109H170F8O7. The number of carbonyl (C=O) groups excluding carboxylic acids is 1. The lowest BCUT2D eigenvalue weighted by atomic mass is 9.68. The molecule has 124 heavy (non-hydrogen) atoms. The van der Waals surface area contributed by atoms with Crippen LogP contribution in [0.2, 0.25) is 0 Å². The number of aryl methyl sites for hydroxylation is 4. The molecule has 1 N–H and O–H groups in total. The second-order valence-corrected chi connectivity index (χ2v) is 39.2. The molecular weight excluding hydrogens is 1570 g/mol. The van der Waals surface area contributed by atoms with Crippen molar-refractivity contribution < 1.29 is 68.7 Å². The highest BCUT2D eigenvalue weighted by Crippen LogP contribution is 2.49. The van der Waals surface area contributed by atoms with E-state index in [9.17, 15) is 45.0 Å². The maximum Gasteiger partial charge on any atom is 0.201 e. The van der Waals surface area contributed by atoms with Crippen molar-refractivity contribution in [1.82, 2.24) is 0 Å². The maximum atomic E-state index is 14.6. The minimum absolute atomic E-state index is 0. The van der Waals surface area contributed by atoms with Gasteiger partial charge in [0.25, 0.3) is 0 Å². The van der Waals surface area contributed by atoms with Crippen LogP contribution in [0.25, 0.3) is 6.08 Å². The summed E-state index contributed by atoms with van der Waals surface area (Å²) in [7, 11) is 0. The molecule has 1 atom stereocenters. The molecule has 9 aliphatic rings. The summed E-state index contributed by atoms with van der Waals surface area (Å²) in [5.74, 6) is 6.63. The highest BCUT2D eigenvalue weighted by molar-refractivity contribution is 5.57. The molecule has 4 aromatic carbocycles. The quantitative estimate of drug-likeness (QED) is 0.0411. The summed E-state index contributed by atoms with van der Waals surface area (Å²) in [5, 5.41) is 10.7. The molecule has 1 heterocycles. The van der Waals surface area contributed by atoms with E-state index in [0.29, 0.717) is 72.7 Å². The molecule has 8 saturated carbocycles. The molecule has 7 nitrogen and oxygen atoms in total. The summed E-state index contributed by atoms with van der Waals surface area (Å²) in [4.78, 5) is 10.6. The fraction of sp³-hybridized carbons (Fsp3) is 0.752. The zero-order chi connectivity index (χ0) is 88.7. The summed E-state index contributed by atoms with van der Waals surface area (Å²) >= 11 is 0. The van der Waals surface area contributed by atoms with Gasteiger partial charge in [-0.3, -0.25) is 0 Å². The van der Waals surface area contributed by atoms with E-state index in [4.69, 9.17) is 23.7 Å². The first-order valence-corrected chi connectivity index (χ1v) is 50.3. The van der Waals surface area contributed by atoms with Crippen molar-refractivity contribution in [3.8, 4) is 23.0 Å². The van der Waals surface area contributed by atoms with E-state index < -0.39 is 52.6 Å². The van der Waals surface area contributed by atoms with Gasteiger partial charge in [-0.05, 0) is 369 Å². The number of aliphatic hydroxyl groups is 1. The molecule has 0 spiro atoms. The van der Waals surface area contributed by atoms with Crippen molar-refractivity contribution in [2.24, 2.45) is 94.7 Å². The van der Waals surface area contributed by atoms with Crippen molar-refractivity contribution in [2.45, 2.75) is 392 Å². The minimum atomic E-state index is -0.987. The highest BCUT2D eigenvalue weighted by atomic mass is 19.2. The zero-order valence-electron chi connectivity index (χ0n) is 78.6. The number of carbonyl (C=O) groups is 1. The van der Waals surface area contributed by atoms with E-state index in [2.05, 4.69) is 33.8 Å². The monoisotopic (exact) mass is 1740 g/mol. The SMILES string of the molecule is C.C1CCOC1.CCCC1CCC(C2CCC(/C=C/c3c(C)cc(OCC)c(F)c3F)CC2)CC1.CCCC1CCC(C2CCC(CC(O)c3c(C)cc(OCC)c(F)c3F)CC2)CC1.CCCC1CCC(C2CCC(CC=O)CC2)CC1.CCCC1CCC(C2CCC(CCc3c(C)cc(OCC)c(F)c3F)CC2)CC1.CCOc1cc(C)cc(F)c1F. The second-order valence-electron chi connectivity index (χ2n) is 39.2. The standard InChI is InChI=1S/C26H40F2O2.C26H40F2O.C26H38F2O.C17H30O.C9H10F2O.C4H8O.CH4/c1-4-6-18-7-11-20(12-8-18)21-13-9-19(10-14-21)16-22(29)24-17(3)15-23(30-5-2)25(27)26(24)28;2*1-4-6-19-7-12-21(13-8-19)22-14-9-20(10-15-22)11-16-23-18(3)17-24(29-5-2)26(28)25(23)27;1-2-3-14-4-8-16(9-5-14)17-10-6-15(7-11-17)12-13-18;1-3-12-8-5-6(2)4-7(10)9(8)11;1-2-4-5-3-1;/h15,18-22,29H,4-14,16H2,1-3H3;17,19-22H,4-16H2,1-3H3;11,16-17,19-22H,4-10,12-15H2,1-3H3;13-17H,2-12H2,1H3;4-5H,3H2,1-2H3;1-4H2;1H4/b;;16-11+;;;;. The van der Waals surface area contributed by atoms with Crippen LogP contribution in [0.5, 0.6) is 23.0 Å². The summed E-state index contributed by atoms with van der Waals surface area (Å²) in [6.07, 6.45) is 63.8. The van der Waals surface area contributed by atoms with Gasteiger partial charge >= 0.3 is 0 Å². The molecule has 8 aliphatic carbocycles. The second kappa shape index (κ2) is 57.1. The largest absolute Gasteiger partial charge is 0.491 e. The molecule has 9 fully saturated rings. The summed E-state index contributed by atoms with van der Waals surface area (Å²) in [6, 6.07) is 7.38. The van der Waals surface area contributed by atoms with Crippen LogP contribution in [0.3, 0.4) is 0 Å². The molecule has 0 radical (unpaired) electrons. The molecule has 704 valence electrons. The minimum Gasteiger partial charge on any atom is -0.491 e. The van der Waals surface area contributed by atoms with Gasteiger partial charge in [0.1, 0.15) is 6.29 Å². The summed E-state index contributed by atoms with van der Waals surface area (Å²) < 4.78 is 137.